The van der Waals surface area contributed by atoms with Gasteiger partial charge in [-0.3, -0.25) is 24.1 Å². The summed E-state index contributed by atoms with van der Waals surface area (Å²) in [6, 6.07) is 0. The van der Waals surface area contributed by atoms with Crippen LogP contribution in [0.3, 0.4) is 0 Å². The predicted octanol–water partition coefficient (Wildman–Crippen LogP) is -0.688. The van der Waals surface area contributed by atoms with E-state index in [0.717, 1.165) is 0 Å². The number of rotatable bonds is 5. The molecule has 4 aliphatic rings. The van der Waals surface area contributed by atoms with Crippen molar-refractivity contribution in [3.8, 4) is 0 Å². The Bertz CT molecular complexity index is 669. The van der Waals surface area contributed by atoms with E-state index in [-0.39, 0.29) is 56.3 Å². The lowest BCUT2D eigenvalue weighted by Crippen LogP contribution is -2.36. The lowest BCUT2D eigenvalue weighted by Gasteiger charge is -2.17. The van der Waals surface area contributed by atoms with E-state index in [4.69, 9.17) is 9.57 Å². The van der Waals surface area contributed by atoms with Crippen molar-refractivity contribution in [3.63, 3.8) is 0 Å². The highest BCUT2D eigenvalue weighted by Gasteiger charge is 2.60. The van der Waals surface area contributed by atoms with Crippen LogP contribution in [0.25, 0.3) is 0 Å². The van der Waals surface area contributed by atoms with E-state index >= 15 is 0 Å². The van der Waals surface area contributed by atoms with Gasteiger partial charge in [-0.05, 0) is 6.42 Å². The molecule has 25 heavy (non-hydrogen) atoms. The van der Waals surface area contributed by atoms with Crippen molar-refractivity contribution >= 4 is 29.6 Å². The standard InChI is InChI=1S/C16H16N2O7/c19-10-5-6-11(20)18(10)25-12(21)2-1-7-17-15(22)13-8-3-4-9(24-8)14(13)16(17)23/h3-4,8-9,13-14H,1-2,5-7H2/t8-,9?,13-,14+/m1/s1. The molecule has 4 rings (SSSR count). The zero-order valence-electron chi connectivity index (χ0n) is 13.3. The van der Waals surface area contributed by atoms with Crippen molar-refractivity contribution in [2.24, 2.45) is 11.8 Å². The summed E-state index contributed by atoms with van der Waals surface area (Å²) in [5.74, 6) is -3.30. The van der Waals surface area contributed by atoms with Crippen molar-refractivity contribution in [1.29, 1.82) is 0 Å². The monoisotopic (exact) mass is 348 g/mol. The number of carbonyl (C=O) groups excluding carboxylic acids is 5. The third kappa shape index (κ3) is 2.46. The van der Waals surface area contributed by atoms with Crippen LogP contribution in [-0.2, 0) is 33.5 Å². The van der Waals surface area contributed by atoms with E-state index in [9.17, 15) is 24.0 Å². The quantitative estimate of drug-likeness (QED) is 0.478. The molecule has 4 atom stereocenters. The first-order valence-electron chi connectivity index (χ1n) is 8.23. The van der Waals surface area contributed by atoms with Gasteiger partial charge in [0.2, 0.25) is 11.8 Å². The topological polar surface area (TPSA) is 110 Å². The minimum absolute atomic E-state index is 0.0319. The average Bonchev–Trinajstić information content (AvgIpc) is 3.32. The molecule has 3 saturated heterocycles. The molecule has 132 valence electrons. The molecule has 0 radical (unpaired) electrons. The molecule has 0 aliphatic carbocycles. The summed E-state index contributed by atoms with van der Waals surface area (Å²) in [6.07, 6.45) is 3.10. The fourth-order valence-electron chi connectivity index (χ4n) is 3.77. The van der Waals surface area contributed by atoms with Crippen molar-refractivity contribution < 1.29 is 33.5 Å². The first-order chi connectivity index (χ1) is 12.0. The Morgan fingerprint density at radius 1 is 1.04 bits per heavy atom. The second kappa shape index (κ2) is 5.76. The summed E-state index contributed by atoms with van der Waals surface area (Å²) in [4.78, 5) is 65.2. The summed E-state index contributed by atoms with van der Waals surface area (Å²) in [7, 11) is 0. The molecule has 4 aliphatic heterocycles. The number of ether oxygens (including phenoxy) is 1. The molecule has 0 aromatic carbocycles. The van der Waals surface area contributed by atoms with Crippen LogP contribution in [-0.4, -0.2) is 58.3 Å². The van der Waals surface area contributed by atoms with E-state index in [2.05, 4.69) is 0 Å². The van der Waals surface area contributed by atoms with Crippen LogP contribution >= 0.6 is 0 Å². The first kappa shape index (κ1) is 15.9. The number of hydroxylamine groups is 2. The van der Waals surface area contributed by atoms with Gasteiger partial charge in [0, 0.05) is 25.8 Å². The average molecular weight is 348 g/mol. The lowest BCUT2D eigenvalue weighted by atomic mass is 9.85. The van der Waals surface area contributed by atoms with E-state index in [0.29, 0.717) is 5.06 Å². The van der Waals surface area contributed by atoms with Crippen LogP contribution in [0, 0.1) is 11.8 Å². The highest BCUT2D eigenvalue weighted by Crippen LogP contribution is 2.45. The second-order valence-electron chi connectivity index (χ2n) is 6.48. The van der Waals surface area contributed by atoms with Crippen LogP contribution in [0.1, 0.15) is 25.7 Å². The van der Waals surface area contributed by atoms with Gasteiger partial charge in [-0.25, -0.2) is 4.79 Å². The molecule has 9 heteroatoms. The van der Waals surface area contributed by atoms with Gasteiger partial charge >= 0.3 is 5.97 Å². The minimum atomic E-state index is -0.743. The molecule has 0 spiro atoms. The molecular weight excluding hydrogens is 332 g/mol. The van der Waals surface area contributed by atoms with E-state index in [1.807, 2.05) is 12.2 Å². The summed E-state index contributed by atoms with van der Waals surface area (Å²) in [6.45, 7) is 0.0983. The number of imide groups is 2. The third-order valence-electron chi connectivity index (χ3n) is 4.96. The summed E-state index contributed by atoms with van der Waals surface area (Å²) < 4.78 is 5.54. The van der Waals surface area contributed by atoms with Crippen LogP contribution in [0.5, 0.6) is 0 Å². The smallest absolute Gasteiger partial charge is 0.333 e. The highest BCUT2D eigenvalue weighted by molar-refractivity contribution is 6.06. The third-order valence-corrected chi connectivity index (χ3v) is 4.96. The number of fused-ring (bicyclic) bond motifs is 5. The zero-order chi connectivity index (χ0) is 17.7. The number of amides is 4. The maximum Gasteiger partial charge on any atom is 0.333 e. The van der Waals surface area contributed by atoms with Crippen molar-refractivity contribution in [2.75, 3.05) is 6.54 Å². The normalized spacial score (nSPS) is 33.0. The summed E-state index contributed by atoms with van der Waals surface area (Å²) in [5.41, 5.74) is 0. The molecule has 3 fully saturated rings. The number of hydrogen-bond acceptors (Lipinski definition) is 7. The maximum absolute atomic E-state index is 12.4. The summed E-state index contributed by atoms with van der Waals surface area (Å²) in [5, 5.41) is 0.486. The number of likely N-dealkylation sites (tertiary alicyclic amines) is 1. The number of carbonyl (C=O) groups is 5. The Hall–Kier alpha value is -2.55. The highest BCUT2D eigenvalue weighted by atomic mass is 16.7. The lowest BCUT2D eigenvalue weighted by molar-refractivity contribution is -0.197. The predicted molar refractivity (Wildman–Crippen MR) is 77.9 cm³/mol. The Morgan fingerprint density at radius 2 is 1.60 bits per heavy atom. The molecule has 0 N–H and O–H groups in total. The van der Waals surface area contributed by atoms with E-state index in [1.165, 1.54) is 4.90 Å². The van der Waals surface area contributed by atoms with E-state index < -0.39 is 29.6 Å². The molecular formula is C16H16N2O7. The van der Waals surface area contributed by atoms with Gasteiger partial charge in [-0.1, -0.05) is 12.2 Å². The van der Waals surface area contributed by atoms with Crippen molar-refractivity contribution in [1.82, 2.24) is 9.96 Å². The molecule has 1 unspecified atom stereocenters. The van der Waals surface area contributed by atoms with E-state index in [1.54, 1.807) is 0 Å². The number of hydrogen-bond donors (Lipinski definition) is 0. The number of nitrogens with zero attached hydrogens (tertiary/aromatic N) is 2. The van der Waals surface area contributed by atoms with Gasteiger partial charge in [0.15, 0.2) is 0 Å². The van der Waals surface area contributed by atoms with Crippen LogP contribution in [0.2, 0.25) is 0 Å². The van der Waals surface area contributed by atoms with Gasteiger partial charge in [0.25, 0.3) is 11.8 Å². The zero-order valence-corrected chi connectivity index (χ0v) is 13.3. The largest absolute Gasteiger partial charge is 0.365 e. The molecule has 2 bridgehead atoms. The van der Waals surface area contributed by atoms with Gasteiger partial charge in [0.1, 0.15) is 0 Å². The van der Waals surface area contributed by atoms with Gasteiger partial charge in [-0.15, -0.1) is 5.06 Å². The molecule has 0 saturated carbocycles. The Balaban J connectivity index is 1.29. The van der Waals surface area contributed by atoms with Crippen molar-refractivity contribution in [2.45, 2.75) is 37.9 Å². The molecule has 4 heterocycles. The van der Waals surface area contributed by atoms with Gasteiger partial charge < -0.3 is 9.57 Å². The van der Waals surface area contributed by atoms with Crippen LogP contribution in [0.4, 0.5) is 0 Å². The van der Waals surface area contributed by atoms with Crippen LogP contribution in [0.15, 0.2) is 12.2 Å². The molecule has 0 aromatic rings. The van der Waals surface area contributed by atoms with Gasteiger partial charge in [-0.2, -0.15) is 0 Å². The molecule has 0 aromatic heterocycles. The Labute approximate surface area is 142 Å². The SMILES string of the molecule is O=C(CCCN1C(=O)[C@@H]2[C@H]3C=CC(O3)[C@@H]2C1=O)ON1C(=O)CCC1=O. The first-order valence-corrected chi connectivity index (χ1v) is 8.23. The fraction of sp³-hybridized carbons (Fsp3) is 0.562. The second-order valence-corrected chi connectivity index (χ2v) is 6.48. The molecule has 9 nitrogen and oxygen atoms in total. The Kier molecular flexibility index (Phi) is 3.68. The minimum Gasteiger partial charge on any atom is -0.365 e. The van der Waals surface area contributed by atoms with Gasteiger partial charge in [0.05, 0.1) is 24.0 Å². The maximum atomic E-state index is 12.4. The Morgan fingerprint density at radius 3 is 2.16 bits per heavy atom. The van der Waals surface area contributed by atoms with Crippen LogP contribution < -0.4 is 0 Å². The van der Waals surface area contributed by atoms with Crippen molar-refractivity contribution in [3.05, 3.63) is 12.2 Å². The summed E-state index contributed by atoms with van der Waals surface area (Å²) >= 11 is 0. The molecule has 4 amide bonds. The fourth-order valence-corrected chi connectivity index (χ4v) is 3.77.